The lowest BCUT2D eigenvalue weighted by Gasteiger charge is -2.17. The van der Waals surface area contributed by atoms with Crippen molar-refractivity contribution in [1.29, 1.82) is 0 Å². The predicted molar refractivity (Wildman–Crippen MR) is 120 cm³/mol. The summed E-state index contributed by atoms with van der Waals surface area (Å²) in [5.41, 5.74) is 8.75. The summed E-state index contributed by atoms with van der Waals surface area (Å²) < 4.78 is 5.87. The Morgan fingerprint density at radius 1 is 1.16 bits per heavy atom. The third kappa shape index (κ3) is 4.90. The number of nitrogens with two attached hydrogens (primary N) is 1. The number of amides is 1. The second kappa shape index (κ2) is 9.40. The molecule has 3 aromatic rings. The van der Waals surface area contributed by atoms with Crippen LogP contribution in [0, 0.1) is 0 Å². The highest BCUT2D eigenvalue weighted by molar-refractivity contribution is 5.87. The molecule has 0 spiro atoms. The van der Waals surface area contributed by atoms with Gasteiger partial charge in [-0.05, 0) is 42.3 Å². The first-order valence-electron chi connectivity index (χ1n) is 10.2. The molecule has 1 saturated heterocycles. The van der Waals surface area contributed by atoms with Gasteiger partial charge >= 0.3 is 0 Å². The summed E-state index contributed by atoms with van der Waals surface area (Å²) in [6.45, 7) is 5.47. The van der Waals surface area contributed by atoms with Crippen molar-refractivity contribution < 1.29 is 9.53 Å². The fourth-order valence-electron chi connectivity index (χ4n) is 3.70. The van der Waals surface area contributed by atoms with Crippen molar-refractivity contribution in [3.63, 3.8) is 0 Å². The van der Waals surface area contributed by atoms with Crippen molar-refractivity contribution in [1.82, 2.24) is 20.2 Å². The number of nitrogen functional groups attached to an aromatic ring is 1. The van der Waals surface area contributed by atoms with Gasteiger partial charge in [-0.15, -0.1) is 0 Å². The number of anilines is 1. The molecule has 4 rings (SSSR count). The Balaban J connectivity index is 1.46. The van der Waals surface area contributed by atoms with Crippen LogP contribution in [-0.2, 0) is 11.3 Å². The first-order chi connectivity index (χ1) is 15.1. The highest BCUT2D eigenvalue weighted by atomic mass is 16.5. The molecule has 158 valence electrons. The summed E-state index contributed by atoms with van der Waals surface area (Å²) in [5.74, 6) is 1.92. The maximum absolute atomic E-state index is 11.8. The molecule has 1 unspecified atom stereocenters. The number of likely N-dealkylation sites (tertiary alicyclic amines) is 1. The third-order valence-corrected chi connectivity index (χ3v) is 5.31. The molecule has 1 aliphatic heterocycles. The van der Waals surface area contributed by atoms with Gasteiger partial charge in [-0.1, -0.05) is 36.9 Å². The number of hydrogen-bond donors (Lipinski definition) is 2. The molecule has 7 heteroatoms. The van der Waals surface area contributed by atoms with E-state index in [0.717, 1.165) is 41.3 Å². The minimum absolute atomic E-state index is 0.0333. The minimum Gasteiger partial charge on any atom is -0.457 e. The lowest BCUT2D eigenvalue weighted by atomic mass is 10.0. The van der Waals surface area contributed by atoms with Gasteiger partial charge in [-0.3, -0.25) is 4.79 Å². The number of rotatable bonds is 7. The van der Waals surface area contributed by atoms with E-state index in [1.165, 1.54) is 12.4 Å². The lowest BCUT2D eigenvalue weighted by molar-refractivity contribution is -0.125. The molecular weight excluding hydrogens is 390 g/mol. The number of nitrogens with zero attached hydrogens (tertiary/aromatic N) is 3. The second-order valence-corrected chi connectivity index (χ2v) is 7.37. The summed E-state index contributed by atoms with van der Waals surface area (Å²) in [5, 5.41) is 3.49. The van der Waals surface area contributed by atoms with E-state index in [9.17, 15) is 4.79 Å². The Hall–Kier alpha value is -3.71. The van der Waals surface area contributed by atoms with E-state index in [-0.39, 0.29) is 11.9 Å². The van der Waals surface area contributed by atoms with Crippen LogP contribution in [0.3, 0.4) is 0 Å². The summed E-state index contributed by atoms with van der Waals surface area (Å²) in [7, 11) is 0. The quantitative estimate of drug-likeness (QED) is 0.575. The fraction of sp³-hybridized carbons (Fsp3) is 0.208. The minimum atomic E-state index is -0.0333. The van der Waals surface area contributed by atoms with Gasteiger partial charge in [0.25, 0.3) is 0 Å². The van der Waals surface area contributed by atoms with Crippen LogP contribution in [0.4, 0.5) is 5.82 Å². The number of hydrogen-bond acceptors (Lipinski definition) is 6. The third-order valence-electron chi connectivity index (χ3n) is 5.31. The Morgan fingerprint density at radius 3 is 2.65 bits per heavy atom. The topological polar surface area (TPSA) is 93.4 Å². The molecule has 0 saturated carbocycles. The van der Waals surface area contributed by atoms with Crippen molar-refractivity contribution in [3.8, 4) is 22.6 Å². The maximum Gasteiger partial charge on any atom is 0.246 e. The number of benzene rings is 2. The normalized spacial score (nSPS) is 15.6. The summed E-state index contributed by atoms with van der Waals surface area (Å²) in [6.07, 6.45) is 3.72. The zero-order valence-electron chi connectivity index (χ0n) is 17.2. The molecular formula is C24H25N5O2. The zero-order valence-corrected chi connectivity index (χ0v) is 17.2. The smallest absolute Gasteiger partial charge is 0.246 e. The van der Waals surface area contributed by atoms with E-state index in [1.807, 2.05) is 54.6 Å². The molecule has 2 aromatic carbocycles. The van der Waals surface area contributed by atoms with E-state index in [4.69, 9.17) is 10.5 Å². The Labute approximate surface area is 181 Å². The number of carbonyl (C=O) groups excluding carboxylic acids is 1. The average Bonchev–Trinajstić information content (AvgIpc) is 3.28. The van der Waals surface area contributed by atoms with Crippen molar-refractivity contribution in [2.24, 2.45) is 0 Å². The molecule has 3 N–H and O–H groups in total. The molecule has 1 aromatic heterocycles. The molecule has 0 aliphatic carbocycles. The molecule has 1 aliphatic rings. The van der Waals surface area contributed by atoms with Crippen molar-refractivity contribution in [2.45, 2.75) is 19.0 Å². The first kappa shape index (κ1) is 20.6. The molecule has 2 heterocycles. The monoisotopic (exact) mass is 415 g/mol. The van der Waals surface area contributed by atoms with Crippen molar-refractivity contribution in [2.75, 3.05) is 18.8 Å². The number of para-hydroxylation sites is 1. The van der Waals surface area contributed by atoms with Crippen LogP contribution in [0.5, 0.6) is 11.5 Å². The maximum atomic E-state index is 11.8. The van der Waals surface area contributed by atoms with Crippen LogP contribution in [0.2, 0.25) is 0 Å². The fourth-order valence-corrected chi connectivity index (χ4v) is 3.70. The van der Waals surface area contributed by atoms with Gasteiger partial charge < -0.3 is 20.7 Å². The Kier molecular flexibility index (Phi) is 6.24. The largest absolute Gasteiger partial charge is 0.457 e. The number of ether oxygens (including phenoxy) is 1. The SMILES string of the molecule is C=CC(=O)N1CCC(NCc2ncnc(N)c2-c2ccc(Oc3ccccc3)cc2)C1. The summed E-state index contributed by atoms with van der Waals surface area (Å²) in [4.78, 5) is 22.2. The Bertz CT molecular complexity index is 1050. The van der Waals surface area contributed by atoms with Crippen LogP contribution in [0.25, 0.3) is 11.1 Å². The number of aromatic nitrogens is 2. The van der Waals surface area contributed by atoms with Crippen LogP contribution in [0.1, 0.15) is 12.1 Å². The highest BCUT2D eigenvalue weighted by Gasteiger charge is 2.25. The highest BCUT2D eigenvalue weighted by Crippen LogP contribution is 2.30. The van der Waals surface area contributed by atoms with E-state index >= 15 is 0 Å². The summed E-state index contributed by atoms with van der Waals surface area (Å²) >= 11 is 0. The second-order valence-electron chi connectivity index (χ2n) is 7.37. The molecule has 0 bridgehead atoms. The van der Waals surface area contributed by atoms with Crippen LogP contribution in [-0.4, -0.2) is 39.9 Å². The summed E-state index contributed by atoms with van der Waals surface area (Å²) in [6, 6.07) is 17.6. The Morgan fingerprint density at radius 2 is 1.90 bits per heavy atom. The zero-order chi connectivity index (χ0) is 21.6. The van der Waals surface area contributed by atoms with E-state index in [0.29, 0.717) is 18.9 Å². The van der Waals surface area contributed by atoms with Crippen LogP contribution in [0.15, 0.2) is 73.6 Å². The van der Waals surface area contributed by atoms with Gasteiger partial charge in [0, 0.05) is 31.2 Å². The van der Waals surface area contributed by atoms with E-state index < -0.39 is 0 Å². The number of carbonyl (C=O) groups is 1. The first-order valence-corrected chi connectivity index (χ1v) is 10.2. The molecule has 7 nitrogen and oxygen atoms in total. The average molecular weight is 415 g/mol. The molecule has 31 heavy (non-hydrogen) atoms. The predicted octanol–water partition coefficient (Wildman–Crippen LogP) is 3.39. The van der Waals surface area contributed by atoms with Gasteiger partial charge in [0.05, 0.1) is 5.69 Å². The van der Waals surface area contributed by atoms with Crippen molar-refractivity contribution >= 4 is 11.7 Å². The van der Waals surface area contributed by atoms with Crippen molar-refractivity contribution in [3.05, 3.63) is 79.3 Å². The molecule has 1 fully saturated rings. The molecule has 1 amide bonds. The molecule has 1 atom stereocenters. The van der Waals surface area contributed by atoms with Crippen LogP contribution < -0.4 is 15.8 Å². The van der Waals surface area contributed by atoms with Gasteiger partial charge in [-0.2, -0.15) is 0 Å². The van der Waals surface area contributed by atoms with Gasteiger partial charge in [0.1, 0.15) is 23.6 Å². The van der Waals surface area contributed by atoms with E-state index in [2.05, 4.69) is 21.9 Å². The van der Waals surface area contributed by atoms with Gasteiger partial charge in [0.15, 0.2) is 0 Å². The standard InChI is InChI=1S/C24H25N5O2/c1-2-22(30)29-13-12-18(15-29)26-14-21-23(24(25)28-16-27-21)17-8-10-20(11-9-17)31-19-6-4-3-5-7-19/h2-11,16,18,26H,1,12-15H2,(H2,25,27,28). The van der Waals surface area contributed by atoms with Gasteiger partial charge in [0.2, 0.25) is 5.91 Å². The van der Waals surface area contributed by atoms with Crippen LogP contribution >= 0.6 is 0 Å². The number of nitrogens with one attached hydrogen (secondary N) is 1. The molecule has 0 radical (unpaired) electrons. The van der Waals surface area contributed by atoms with Gasteiger partial charge in [-0.25, -0.2) is 9.97 Å². The van der Waals surface area contributed by atoms with E-state index in [1.54, 1.807) is 4.90 Å². The lowest BCUT2D eigenvalue weighted by Crippen LogP contribution is -2.34.